The summed E-state index contributed by atoms with van der Waals surface area (Å²) in [6, 6.07) is 0. The third-order valence-electron chi connectivity index (χ3n) is 3.46. The topological polar surface area (TPSA) is 64.5 Å². The predicted molar refractivity (Wildman–Crippen MR) is 75.7 cm³/mol. The Hall–Kier alpha value is -1.20. The van der Waals surface area contributed by atoms with E-state index in [0.29, 0.717) is 11.4 Å². The Morgan fingerprint density at radius 3 is 2.55 bits per heavy atom. The maximum Gasteiger partial charge on any atom is 0.161 e. The summed E-state index contributed by atoms with van der Waals surface area (Å²) in [5.41, 5.74) is 0.565. The molecule has 0 amide bonds. The Morgan fingerprint density at radius 2 is 2.00 bits per heavy atom. The number of aliphatic hydroxyl groups excluding tert-OH is 1. The smallest absolute Gasteiger partial charge is 0.161 e. The van der Waals surface area contributed by atoms with E-state index in [2.05, 4.69) is 23.8 Å². The summed E-state index contributed by atoms with van der Waals surface area (Å²) >= 11 is 0. The molecule has 0 radical (unpaired) electrons. The first-order valence-electron chi connectivity index (χ1n) is 7.28. The Morgan fingerprint density at radius 1 is 1.35 bits per heavy atom. The molecule has 1 N–H and O–H groups in total. The number of aromatic nitrogens is 2. The van der Waals surface area contributed by atoms with Crippen molar-refractivity contribution in [3.63, 3.8) is 0 Å². The Labute approximate surface area is 120 Å². The highest BCUT2D eigenvalue weighted by Crippen LogP contribution is 2.26. The van der Waals surface area contributed by atoms with Crippen molar-refractivity contribution in [3.8, 4) is 5.75 Å². The van der Waals surface area contributed by atoms with Gasteiger partial charge in [-0.25, -0.2) is 9.97 Å². The van der Waals surface area contributed by atoms with Gasteiger partial charge in [-0.05, 0) is 13.8 Å². The van der Waals surface area contributed by atoms with Crippen LogP contribution >= 0.6 is 0 Å². The van der Waals surface area contributed by atoms with E-state index in [1.54, 1.807) is 6.20 Å². The van der Waals surface area contributed by atoms with Crippen molar-refractivity contribution in [3.05, 3.63) is 17.7 Å². The summed E-state index contributed by atoms with van der Waals surface area (Å²) < 4.78 is 11.7. The molecule has 5 heteroatoms. The van der Waals surface area contributed by atoms with Gasteiger partial charge in [0.2, 0.25) is 0 Å². The van der Waals surface area contributed by atoms with E-state index in [1.807, 2.05) is 13.8 Å². The standard InChI is InChI=1S/C15H24N2O3/c1-9(2)15-16-7-14(13(8-18)17-15)20-12-5-10(3)19-11(4)6-12/h7,9-12,18H,5-6,8H2,1-4H3. The second-order valence-corrected chi connectivity index (χ2v) is 5.82. The van der Waals surface area contributed by atoms with E-state index in [1.165, 1.54) is 0 Å². The van der Waals surface area contributed by atoms with E-state index < -0.39 is 0 Å². The highest BCUT2D eigenvalue weighted by atomic mass is 16.5. The van der Waals surface area contributed by atoms with Gasteiger partial charge in [-0.1, -0.05) is 13.8 Å². The third kappa shape index (κ3) is 3.67. The van der Waals surface area contributed by atoms with Crippen molar-refractivity contribution in [2.75, 3.05) is 0 Å². The van der Waals surface area contributed by atoms with Gasteiger partial charge in [0, 0.05) is 18.8 Å². The number of hydrogen-bond acceptors (Lipinski definition) is 5. The van der Waals surface area contributed by atoms with Crippen LogP contribution in [0.1, 0.15) is 58.0 Å². The van der Waals surface area contributed by atoms with Gasteiger partial charge in [0.05, 0.1) is 25.0 Å². The Balaban J connectivity index is 2.12. The summed E-state index contributed by atoms with van der Waals surface area (Å²) in [5, 5.41) is 9.46. The van der Waals surface area contributed by atoms with Gasteiger partial charge in [0.25, 0.3) is 0 Å². The summed E-state index contributed by atoms with van der Waals surface area (Å²) in [4.78, 5) is 8.69. The van der Waals surface area contributed by atoms with Crippen molar-refractivity contribution >= 4 is 0 Å². The van der Waals surface area contributed by atoms with Crippen LogP contribution in [0.2, 0.25) is 0 Å². The van der Waals surface area contributed by atoms with Gasteiger partial charge in [-0.2, -0.15) is 0 Å². The van der Waals surface area contributed by atoms with Gasteiger partial charge in [-0.3, -0.25) is 0 Å². The zero-order chi connectivity index (χ0) is 14.7. The second kappa shape index (κ2) is 6.50. The average molecular weight is 280 g/mol. The molecule has 5 nitrogen and oxygen atoms in total. The van der Waals surface area contributed by atoms with E-state index >= 15 is 0 Å². The Kier molecular flexibility index (Phi) is 4.94. The number of aliphatic hydroxyl groups is 1. The molecule has 2 heterocycles. The maximum absolute atomic E-state index is 9.46. The van der Waals surface area contributed by atoms with Crippen LogP contribution in [0.3, 0.4) is 0 Å². The fraction of sp³-hybridized carbons (Fsp3) is 0.733. The molecule has 0 aromatic carbocycles. The number of rotatable bonds is 4. The lowest BCUT2D eigenvalue weighted by Crippen LogP contribution is -2.36. The molecule has 0 aliphatic carbocycles. The monoisotopic (exact) mass is 280 g/mol. The van der Waals surface area contributed by atoms with Crippen LogP contribution in [0.4, 0.5) is 0 Å². The molecule has 1 aromatic heterocycles. The van der Waals surface area contributed by atoms with Crippen molar-refractivity contribution in [1.29, 1.82) is 0 Å². The molecule has 1 fully saturated rings. The largest absolute Gasteiger partial charge is 0.487 e. The van der Waals surface area contributed by atoms with Crippen LogP contribution in [0.15, 0.2) is 6.20 Å². The van der Waals surface area contributed by atoms with E-state index in [4.69, 9.17) is 9.47 Å². The van der Waals surface area contributed by atoms with Crippen LogP contribution in [-0.2, 0) is 11.3 Å². The first-order valence-corrected chi connectivity index (χ1v) is 7.28. The molecule has 20 heavy (non-hydrogen) atoms. The summed E-state index contributed by atoms with van der Waals surface area (Å²) in [5.74, 6) is 1.55. The van der Waals surface area contributed by atoms with Crippen molar-refractivity contribution in [2.24, 2.45) is 0 Å². The fourth-order valence-corrected chi connectivity index (χ4v) is 2.53. The SMILES string of the molecule is CC1CC(Oc2cnc(C(C)C)nc2CO)CC(C)O1. The summed E-state index contributed by atoms with van der Waals surface area (Å²) in [7, 11) is 0. The van der Waals surface area contributed by atoms with Gasteiger partial charge in [0.1, 0.15) is 17.6 Å². The van der Waals surface area contributed by atoms with Gasteiger partial charge in [-0.15, -0.1) is 0 Å². The zero-order valence-electron chi connectivity index (χ0n) is 12.7. The quantitative estimate of drug-likeness (QED) is 0.917. The van der Waals surface area contributed by atoms with Gasteiger partial charge in [0.15, 0.2) is 5.75 Å². The van der Waals surface area contributed by atoms with E-state index in [0.717, 1.165) is 18.7 Å². The molecule has 2 atom stereocenters. The van der Waals surface area contributed by atoms with Crippen LogP contribution in [-0.4, -0.2) is 33.4 Å². The first kappa shape index (κ1) is 15.2. The van der Waals surface area contributed by atoms with E-state index in [9.17, 15) is 5.11 Å². The molecule has 0 saturated carbocycles. The highest BCUT2D eigenvalue weighted by molar-refractivity contribution is 5.25. The lowest BCUT2D eigenvalue weighted by molar-refractivity contribution is -0.0726. The fourth-order valence-electron chi connectivity index (χ4n) is 2.53. The van der Waals surface area contributed by atoms with Crippen LogP contribution in [0, 0.1) is 0 Å². The maximum atomic E-state index is 9.46. The second-order valence-electron chi connectivity index (χ2n) is 5.82. The van der Waals surface area contributed by atoms with Crippen LogP contribution in [0.5, 0.6) is 5.75 Å². The normalized spacial score (nSPS) is 26.8. The summed E-state index contributed by atoms with van der Waals surface area (Å²) in [6.45, 7) is 8.03. The molecule has 1 aliphatic rings. The van der Waals surface area contributed by atoms with Crippen molar-refractivity contribution in [1.82, 2.24) is 9.97 Å². The Bertz CT molecular complexity index is 441. The highest BCUT2D eigenvalue weighted by Gasteiger charge is 2.26. The lowest BCUT2D eigenvalue weighted by Gasteiger charge is -2.32. The molecule has 0 spiro atoms. The minimum atomic E-state index is -0.133. The first-order chi connectivity index (χ1) is 9.49. The molecule has 2 rings (SSSR count). The minimum Gasteiger partial charge on any atom is -0.487 e. The molecular weight excluding hydrogens is 256 g/mol. The average Bonchev–Trinajstić information content (AvgIpc) is 2.37. The van der Waals surface area contributed by atoms with Gasteiger partial charge < -0.3 is 14.6 Å². The van der Waals surface area contributed by atoms with Crippen molar-refractivity contribution < 1.29 is 14.6 Å². The molecule has 1 aromatic rings. The number of ether oxygens (including phenoxy) is 2. The third-order valence-corrected chi connectivity index (χ3v) is 3.46. The molecule has 112 valence electrons. The van der Waals surface area contributed by atoms with E-state index in [-0.39, 0.29) is 30.8 Å². The number of nitrogens with zero attached hydrogens (tertiary/aromatic N) is 2. The molecule has 0 bridgehead atoms. The van der Waals surface area contributed by atoms with Crippen LogP contribution in [0.25, 0.3) is 0 Å². The zero-order valence-corrected chi connectivity index (χ0v) is 12.7. The molecule has 1 aliphatic heterocycles. The van der Waals surface area contributed by atoms with Gasteiger partial charge >= 0.3 is 0 Å². The van der Waals surface area contributed by atoms with Crippen LogP contribution < -0.4 is 4.74 Å². The lowest BCUT2D eigenvalue weighted by atomic mass is 10.0. The van der Waals surface area contributed by atoms with Crippen molar-refractivity contribution in [2.45, 2.75) is 71.4 Å². The molecular formula is C15H24N2O3. The summed E-state index contributed by atoms with van der Waals surface area (Å²) in [6.07, 6.45) is 3.85. The number of hydrogen-bond donors (Lipinski definition) is 1. The predicted octanol–water partition coefficient (Wildman–Crippen LogP) is 2.43. The molecule has 2 unspecified atom stereocenters. The minimum absolute atomic E-state index is 0.0903. The molecule has 1 saturated heterocycles.